The smallest absolute Gasteiger partial charge is 0.0420 e. The van der Waals surface area contributed by atoms with Crippen LogP contribution in [0.4, 0.5) is 0 Å². The van der Waals surface area contributed by atoms with Crippen LogP contribution in [0.25, 0.3) is 0 Å². The summed E-state index contributed by atoms with van der Waals surface area (Å²) in [5, 5.41) is 10.5. The molecular formula is C11H11O2-. The molecule has 1 atom stereocenters. The summed E-state index contributed by atoms with van der Waals surface area (Å²) >= 11 is 0. The monoisotopic (exact) mass is 175 g/mol. The van der Waals surface area contributed by atoms with Crippen molar-refractivity contribution in [3.63, 3.8) is 0 Å². The van der Waals surface area contributed by atoms with Gasteiger partial charge in [-0.2, -0.15) is 0 Å². The van der Waals surface area contributed by atoms with Gasteiger partial charge >= 0.3 is 0 Å². The number of carbonyl (C=O) groups is 1. The molecule has 0 amide bonds. The highest BCUT2D eigenvalue weighted by molar-refractivity contribution is 5.66. The molecule has 1 aliphatic carbocycles. The lowest BCUT2D eigenvalue weighted by molar-refractivity contribution is -0.306. The van der Waals surface area contributed by atoms with E-state index in [2.05, 4.69) is 6.07 Å². The fourth-order valence-electron chi connectivity index (χ4n) is 2.06. The lowest BCUT2D eigenvalue weighted by atomic mass is 9.98. The fourth-order valence-corrected chi connectivity index (χ4v) is 2.06. The van der Waals surface area contributed by atoms with E-state index >= 15 is 0 Å². The maximum absolute atomic E-state index is 10.5. The highest BCUT2D eigenvalue weighted by atomic mass is 16.4. The second-order valence-corrected chi connectivity index (χ2v) is 3.51. The van der Waals surface area contributed by atoms with Gasteiger partial charge in [-0.05, 0) is 36.3 Å². The summed E-state index contributed by atoms with van der Waals surface area (Å²) in [6, 6.07) is 8.06. The Morgan fingerprint density at radius 1 is 1.46 bits per heavy atom. The molecule has 2 nitrogen and oxygen atoms in total. The zero-order chi connectivity index (χ0) is 9.26. The minimum atomic E-state index is -0.943. The number of hydrogen-bond acceptors (Lipinski definition) is 2. The van der Waals surface area contributed by atoms with Crippen LogP contribution in [0.1, 0.15) is 29.9 Å². The minimum absolute atomic E-state index is 0.164. The van der Waals surface area contributed by atoms with E-state index in [1.807, 2.05) is 18.2 Å². The van der Waals surface area contributed by atoms with Gasteiger partial charge < -0.3 is 9.90 Å². The summed E-state index contributed by atoms with van der Waals surface area (Å²) in [6.07, 6.45) is 2.12. The summed E-state index contributed by atoms with van der Waals surface area (Å²) in [5.74, 6) is -0.761. The molecule has 0 N–H and O–H groups in total. The van der Waals surface area contributed by atoms with Gasteiger partial charge in [0, 0.05) is 5.97 Å². The van der Waals surface area contributed by atoms with Crippen LogP contribution < -0.4 is 5.11 Å². The third kappa shape index (κ3) is 1.57. The third-order valence-corrected chi connectivity index (χ3v) is 2.67. The van der Waals surface area contributed by atoms with E-state index in [1.54, 1.807) is 0 Å². The van der Waals surface area contributed by atoms with Crippen LogP contribution in [0.15, 0.2) is 24.3 Å². The average molecular weight is 175 g/mol. The van der Waals surface area contributed by atoms with Crippen LogP contribution in [0.3, 0.4) is 0 Å². The summed E-state index contributed by atoms with van der Waals surface area (Å²) in [7, 11) is 0. The molecule has 0 fully saturated rings. The number of carboxylic acid groups (broad SMARTS) is 1. The molecule has 13 heavy (non-hydrogen) atoms. The van der Waals surface area contributed by atoms with Crippen molar-refractivity contribution in [1.29, 1.82) is 0 Å². The second-order valence-electron chi connectivity index (χ2n) is 3.51. The Bertz CT molecular complexity index is 331. The van der Waals surface area contributed by atoms with E-state index in [0.29, 0.717) is 0 Å². The fraction of sp³-hybridized carbons (Fsp3) is 0.364. The van der Waals surface area contributed by atoms with Crippen LogP contribution in [0.2, 0.25) is 0 Å². The van der Waals surface area contributed by atoms with Crippen LogP contribution in [0.5, 0.6) is 0 Å². The van der Waals surface area contributed by atoms with E-state index < -0.39 is 5.97 Å². The maximum atomic E-state index is 10.5. The molecule has 0 aromatic heterocycles. The van der Waals surface area contributed by atoms with Crippen molar-refractivity contribution in [1.82, 2.24) is 0 Å². The molecule has 0 bridgehead atoms. The molecule has 0 saturated heterocycles. The van der Waals surface area contributed by atoms with E-state index in [4.69, 9.17) is 0 Å². The molecule has 0 saturated carbocycles. The quantitative estimate of drug-likeness (QED) is 0.668. The predicted molar refractivity (Wildman–Crippen MR) is 47.1 cm³/mol. The standard InChI is InChI=1S/C11H12O2/c12-11(13)7-9-6-5-8-3-1-2-4-10(8)9/h1-4,9H,5-7H2,(H,12,13)/p-1/t9-/m1/s1. The van der Waals surface area contributed by atoms with Crippen molar-refractivity contribution in [2.45, 2.75) is 25.2 Å². The lowest BCUT2D eigenvalue weighted by Crippen LogP contribution is -2.23. The number of benzene rings is 1. The van der Waals surface area contributed by atoms with E-state index in [0.717, 1.165) is 12.8 Å². The Kier molecular flexibility index (Phi) is 2.05. The lowest BCUT2D eigenvalue weighted by Gasteiger charge is -2.11. The van der Waals surface area contributed by atoms with Gasteiger partial charge in [0.15, 0.2) is 0 Å². The average Bonchev–Trinajstić information content (AvgIpc) is 2.48. The zero-order valence-corrected chi connectivity index (χ0v) is 7.32. The number of aryl methyl sites for hydroxylation is 1. The summed E-state index contributed by atoms with van der Waals surface area (Å²) in [4.78, 5) is 10.5. The molecule has 68 valence electrons. The number of carboxylic acids is 1. The highest BCUT2D eigenvalue weighted by Gasteiger charge is 2.21. The van der Waals surface area contributed by atoms with Crippen molar-refractivity contribution in [2.75, 3.05) is 0 Å². The summed E-state index contributed by atoms with van der Waals surface area (Å²) in [6.45, 7) is 0. The van der Waals surface area contributed by atoms with Crippen molar-refractivity contribution in [2.24, 2.45) is 0 Å². The Labute approximate surface area is 77.2 Å². The maximum Gasteiger partial charge on any atom is 0.0420 e. The van der Waals surface area contributed by atoms with Gasteiger partial charge in [0.1, 0.15) is 0 Å². The van der Waals surface area contributed by atoms with Crippen molar-refractivity contribution in [3.8, 4) is 0 Å². The van der Waals surface area contributed by atoms with E-state index in [9.17, 15) is 9.90 Å². The van der Waals surface area contributed by atoms with Crippen LogP contribution >= 0.6 is 0 Å². The Balaban J connectivity index is 2.23. The first-order valence-corrected chi connectivity index (χ1v) is 4.55. The van der Waals surface area contributed by atoms with Crippen molar-refractivity contribution < 1.29 is 9.90 Å². The van der Waals surface area contributed by atoms with Crippen molar-refractivity contribution in [3.05, 3.63) is 35.4 Å². The zero-order valence-electron chi connectivity index (χ0n) is 7.32. The van der Waals surface area contributed by atoms with Gasteiger partial charge in [-0.3, -0.25) is 0 Å². The molecule has 0 heterocycles. The first-order valence-electron chi connectivity index (χ1n) is 4.55. The molecule has 2 rings (SSSR count). The van der Waals surface area contributed by atoms with Crippen LogP contribution in [-0.2, 0) is 11.2 Å². The topological polar surface area (TPSA) is 40.1 Å². The molecular weight excluding hydrogens is 164 g/mol. The number of rotatable bonds is 2. The molecule has 0 spiro atoms. The van der Waals surface area contributed by atoms with Gasteiger partial charge in [0.05, 0.1) is 0 Å². The SMILES string of the molecule is O=C([O-])C[C@H]1CCc2ccccc21. The van der Waals surface area contributed by atoms with Crippen LogP contribution in [0, 0.1) is 0 Å². The molecule has 0 unspecified atom stereocenters. The summed E-state index contributed by atoms with van der Waals surface area (Å²) < 4.78 is 0. The van der Waals surface area contributed by atoms with E-state index in [-0.39, 0.29) is 12.3 Å². The Hall–Kier alpha value is -1.31. The number of fused-ring (bicyclic) bond motifs is 1. The molecule has 1 aromatic rings. The van der Waals surface area contributed by atoms with E-state index in [1.165, 1.54) is 11.1 Å². The first-order chi connectivity index (χ1) is 6.27. The van der Waals surface area contributed by atoms with Crippen molar-refractivity contribution >= 4 is 5.97 Å². The highest BCUT2D eigenvalue weighted by Crippen LogP contribution is 2.34. The molecule has 0 aliphatic heterocycles. The normalized spacial score (nSPS) is 19.8. The second kappa shape index (κ2) is 3.21. The molecule has 0 radical (unpaired) electrons. The molecule has 2 heteroatoms. The molecule has 1 aliphatic rings. The summed E-state index contributed by atoms with van der Waals surface area (Å²) in [5.41, 5.74) is 2.50. The van der Waals surface area contributed by atoms with Crippen LogP contribution in [-0.4, -0.2) is 5.97 Å². The van der Waals surface area contributed by atoms with Gasteiger partial charge in [0.25, 0.3) is 0 Å². The Morgan fingerprint density at radius 3 is 3.00 bits per heavy atom. The first kappa shape index (κ1) is 8.30. The van der Waals surface area contributed by atoms with Gasteiger partial charge in [-0.25, -0.2) is 0 Å². The minimum Gasteiger partial charge on any atom is -0.550 e. The number of carbonyl (C=O) groups excluding carboxylic acids is 1. The van der Waals surface area contributed by atoms with Gasteiger partial charge in [-0.15, -0.1) is 0 Å². The van der Waals surface area contributed by atoms with Gasteiger partial charge in [-0.1, -0.05) is 24.3 Å². The largest absolute Gasteiger partial charge is 0.550 e. The molecule has 1 aromatic carbocycles. The predicted octanol–water partition coefficient (Wildman–Crippen LogP) is 0.856. The number of hydrogen-bond donors (Lipinski definition) is 0. The Morgan fingerprint density at radius 2 is 2.23 bits per heavy atom. The number of aliphatic carboxylic acids is 1. The third-order valence-electron chi connectivity index (χ3n) is 2.67. The van der Waals surface area contributed by atoms with Gasteiger partial charge in [0.2, 0.25) is 0 Å².